The van der Waals surface area contributed by atoms with E-state index in [0.29, 0.717) is 28.8 Å². The molecule has 21 heavy (non-hydrogen) atoms. The van der Waals surface area contributed by atoms with Crippen LogP contribution in [0, 0.1) is 30.6 Å². The van der Waals surface area contributed by atoms with Gasteiger partial charge in [0.2, 0.25) is 0 Å². The third kappa shape index (κ3) is 2.02. The van der Waals surface area contributed by atoms with E-state index < -0.39 is 6.23 Å². The Kier molecular flexibility index (Phi) is 3.26. The molecule has 0 bridgehead atoms. The molecule has 2 aromatic heterocycles. The van der Waals surface area contributed by atoms with Crippen molar-refractivity contribution in [3.05, 3.63) is 18.1 Å². The average Bonchev–Trinajstić information content (AvgIpc) is 3.08. The summed E-state index contributed by atoms with van der Waals surface area (Å²) < 4.78 is 7.59. The van der Waals surface area contributed by atoms with Gasteiger partial charge in [0.15, 0.2) is 0 Å². The summed E-state index contributed by atoms with van der Waals surface area (Å²) in [6.45, 7) is -0.0764. The lowest BCUT2D eigenvalue weighted by Crippen LogP contribution is -2.16. The van der Waals surface area contributed by atoms with Crippen molar-refractivity contribution in [2.45, 2.75) is 18.8 Å². The lowest BCUT2D eigenvalue weighted by molar-refractivity contribution is -0.0260. The van der Waals surface area contributed by atoms with Crippen molar-refractivity contribution in [2.75, 3.05) is 12.3 Å². The third-order valence-corrected chi connectivity index (χ3v) is 3.68. The van der Waals surface area contributed by atoms with Crippen molar-refractivity contribution in [2.24, 2.45) is 5.92 Å². The number of fused-ring (bicyclic) bond motifs is 1. The lowest BCUT2D eigenvalue weighted by Gasteiger charge is -2.17. The summed E-state index contributed by atoms with van der Waals surface area (Å²) in [5.41, 5.74) is 7.06. The zero-order chi connectivity index (χ0) is 15.0. The molecule has 1 saturated heterocycles. The summed E-state index contributed by atoms with van der Waals surface area (Å²) in [5, 5.41) is 9.89. The molecular weight excluding hydrogens is 268 g/mol. The number of nitrogens with zero attached hydrogens (tertiary/aromatic N) is 3. The maximum absolute atomic E-state index is 9.27. The van der Waals surface area contributed by atoms with Gasteiger partial charge in [0, 0.05) is 6.20 Å². The van der Waals surface area contributed by atoms with E-state index in [2.05, 4.69) is 21.8 Å². The fourth-order valence-electron chi connectivity index (χ4n) is 2.69. The van der Waals surface area contributed by atoms with Gasteiger partial charge >= 0.3 is 0 Å². The number of aliphatic hydroxyl groups excluding tert-OH is 1. The molecule has 3 unspecified atom stereocenters. The number of nitrogens with two attached hydrogens (primary N) is 1. The highest BCUT2D eigenvalue weighted by atomic mass is 16.5. The Morgan fingerprint density at radius 1 is 1.48 bits per heavy atom. The Labute approximate surface area is 121 Å². The second kappa shape index (κ2) is 5.10. The number of ether oxygens (including phenoxy) is 1. The van der Waals surface area contributed by atoms with Crippen LogP contribution in [0.15, 0.2) is 12.5 Å². The summed E-state index contributed by atoms with van der Waals surface area (Å²) in [4.78, 5) is 8.20. The molecule has 3 atom stereocenters. The Morgan fingerprint density at radius 2 is 2.29 bits per heavy atom. The molecular formula is C15H14N4O2. The van der Waals surface area contributed by atoms with Crippen molar-refractivity contribution < 1.29 is 9.84 Å². The Hall–Kier alpha value is -2.54. The number of nitrogen functional groups attached to an aromatic ring is 1. The van der Waals surface area contributed by atoms with Crippen LogP contribution in [0.25, 0.3) is 11.0 Å². The zero-order valence-corrected chi connectivity index (χ0v) is 11.2. The second-order valence-electron chi connectivity index (χ2n) is 4.89. The molecule has 1 fully saturated rings. The van der Waals surface area contributed by atoms with Gasteiger partial charge in [0.1, 0.15) is 24.0 Å². The van der Waals surface area contributed by atoms with Crippen molar-refractivity contribution in [1.29, 1.82) is 0 Å². The van der Waals surface area contributed by atoms with Crippen LogP contribution in [-0.4, -0.2) is 32.4 Å². The van der Waals surface area contributed by atoms with E-state index in [1.54, 1.807) is 10.8 Å². The minimum Gasteiger partial charge on any atom is -0.394 e. The summed E-state index contributed by atoms with van der Waals surface area (Å²) in [6.07, 6.45) is 14.1. The molecule has 3 heterocycles. The van der Waals surface area contributed by atoms with Crippen LogP contribution in [0.2, 0.25) is 0 Å². The van der Waals surface area contributed by atoms with Crippen LogP contribution in [0.5, 0.6) is 0 Å². The topological polar surface area (TPSA) is 86.2 Å². The Morgan fingerprint density at radius 3 is 2.95 bits per heavy atom. The van der Waals surface area contributed by atoms with Gasteiger partial charge in [-0.3, -0.25) is 0 Å². The van der Waals surface area contributed by atoms with Gasteiger partial charge in [-0.1, -0.05) is 11.8 Å². The van der Waals surface area contributed by atoms with Crippen LogP contribution >= 0.6 is 0 Å². The maximum atomic E-state index is 9.27. The van der Waals surface area contributed by atoms with Gasteiger partial charge in [-0.15, -0.1) is 12.8 Å². The predicted octanol–water partition coefficient (Wildman–Crippen LogP) is 0.524. The molecule has 1 aliphatic rings. The first-order valence-electron chi connectivity index (χ1n) is 6.49. The van der Waals surface area contributed by atoms with E-state index in [1.807, 2.05) is 0 Å². The van der Waals surface area contributed by atoms with Gasteiger partial charge in [-0.25, -0.2) is 9.97 Å². The van der Waals surface area contributed by atoms with Crippen molar-refractivity contribution in [3.8, 4) is 24.7 Å². The van der Waals surface area contributed by atoms with Crippen LogP contribution in [-0.2, 0) is 4.74 Å². The SMILES string of the molecule is C#Cc1cn(C2OC(CO)CC2C#C)c2ncnc(N)c12. The number of hydrogen-bond donors (Lipinski definition) is 2. The van der Waals surface area contributed by atoms with E-state index in [1.165, 1.54) is 6.33 Å². The minimum atomic E-state index is -0.425. The van der Waals surface area contributed by atoms with Crippen LogP contribution < -0.4 is 5.73 Å². The third-order valence-electron chi connectivity index (χ3n) is 3.68. The van der Waals surface area contributed by atoms with Crippen LogP contribution in [0.3, 0.4) is 0 Å². The van der Waals surface area contributed by atoms with Crippen molar-refractivity contribution >= 4 is 16.9 Å². The average molecular weight is 282 g/mol. The molecule has 0 spiro atoms. The predicted molar refractivity (Wildman–Crippen MR) is 77.8 cm³/mol. The quantitative estimate of drug-likeness (QED) is 0.784. The first-order chi connectivity index (χ1) is 10.2. The highest BCUT2D eigenvalue weighted by Crippen LogP contribution is 2.37. The van der Waals surface area contributed by atoms with E-state index >= 15 is 0 Å². The number of terminal acetylenes is 2. The van der Waals surface area contributed by atoms with Gasteiger partial charge in [-0.05, 0) is 6.42 Å². The summed E-state index contributed by atoms with van der Waals surface area (Å²) in [5.74, 6) is 5.43. The normalized spacial score (nSPS) is 24.8. The first-order valence-corrected chi connectivity index (χ1v) is 6.49. The fourth-order valence-corrected chi connectivity index (χ4v) is 2.69. The lowest BCUT2D eigenvalue weighted by atomic mass is 10.0. The van der Waals surface area contributed by atoms with Gasteiger partial charge in [-0.2, -0.15) is 0 Å². The van der Waals surface area contributed by atoms with Crippen LogP contribution in [0.1, 0.15) is 18.2 Å². The van der Waals surface area contributed by atoms with E-state index in [4.69, 9.17) is 23.3 Å². The second-order valence-corrected chi connectivity index (χ2v) is 4.89. The molecule has 3 rings (SSSR count). The molecule has 3 N–H and O–H groups in total. The monoisotopic (exact) mass is 282 g/mol. The number of aliphatic hydroxyl groups is 1. The molecule has 0 aliphatic carbocycles. The number of rotatable bonds is 2. The molecule has 106 valence electrons. The molecule has 6 heteroatoms. The summed E-state index contributed by atoms with van der Waals surface area (Å²) in [6, 6.07) is 0. The highest BCUT2D eigenvalue weighted by Gasteiger charge is 2.36. The molecule has 0 saturated carbocycles. The molecule has 6 nitrogen and oxygen atoms in total. The van der Waals surface area contributed by atoms with Crippen molar-refractivity contribution in [1.82, 2.24) is 14.5 Å². The molecule has 0 aromatic carbocycles. The van der Waals surface area contributed by atoms with Crippen molar-refractivity contribution in [3.63, 3.8) is 0 Å². The highest BCUT2D eigenvalue weighted by molar-refractivity contribution is 5.92. The van der Waals surface area contributed by atoms with Gasteiger partial charge in [0.25, 0.3) is 0 Å². The van der Waals surface area contributed by atoms with Gasteiger partial charge in [0.05, 0.1) is 29.6 Å². The molecule has 0 amide bonds. The fraction of sp³-hybridized carbons (Fsp3) is 0.333. The Bertz CT molecular complexity index is 768. The van der Waals surface area contributed by atoms with E-state index in [-0.39, 0.29) is 18.6 Å². The first kappa shape index (κ1) is 13.4. The van der Waals surface area contributed by atoms with Crippen LogP contribution in [0.4, 0.5) is 5.82 Å². The standard InChI is InChI=1S/C15H14N4O2/c1-3-9-5-11(7-20)21-15(9)19-6-10(4-2)12-13(16)17-8-18-14(12)19/h1-2,6,8-9,11,15,20H,5,7H2,(H2,16,17,18). The maximum Gasteiger partial charge on any atom is 0.149 e. The molecule has 0 radical (unpaired) electrons. The largest absolute Gasteiger partial charge is 0.394 e. The smallest absolute Gasteiger partial charge is 0.149 e. The van der Waals surface area contributed by atoms with Gasteiger partial charge < -0.3 is 20.1 Å². The number of aromatic nitrogens is 3. The summed E-state index contributed by atoms with van der Waals surface area (Å²) >= 11 is 0. The Balaban J connectivity index is 2.16. The van der Waals surface area contributed by atoms with E-state index in [9.17, 15) is 5.11 Å². The number of hydrogen-bond acceptors (Lipinski definition) is 5. The number of anilines is 1. The van der Waals surface area contributed by atoms with E-state index in [0.717, 1.165) is 0 Å². The molecule has 1 aliphatic heterocycles. The minimum absolute atomic E-state index is 0.0764. The molecule has 2 aromatic rings. The summed E-state index contributed by atoms with van der Waals surface area (Å²) in [7, 11) is 0. The zero-order valence-electron chi connectivity index (χ0n) is 11.2.